The highest BCUT2D eigenvalue weighted by molar-refractivity contribution is 5.96. The Hall–Kier alpha value is -2.36. The van der Waals surface area contributed by atoms with E-state index in [0.717, 1.165) is 11.4 Å². The molecule has 2 rings (SSSR count). The normalized spacial score (nSPS) is 10.2. The number of halogens is 1. The Morgan fingerprint density at radius 2 is 1.76 bits per heavy atom. The van der Waals surface area contributed by atoms with Gasteiger partial charge in [-0.25, -0.2) is 4.39 Å². The number of hydrogen-bond acceptors (Lipinski definition) is 3. The summed E-state index contributed by atoms with van der Waals surface area (Å²) in [5, 5.41) is 3.18. The first-order valence-corrected chi connectivity index (χ1v) is 6.94. The Morgan fingerprint density at radius 1 is 1.10 bits per heavy atom. The quantitative estimate of drug-likeness (QED) is 0.785. The molecule has 4 heteroatoms. The van der Waals surface area contributed by atoms with Crippen LogP contribution in [0.25, 0.3) is 0 Å². The van der Waals surface area contributed by atoms with Crippen molar-refractivity contribution in [2.45, 2.75) is 13.3 Å². The van der Waals surface area contributed by atoms with Gasteiger partial charge in [0.05, 0.1) is 6.61 Å². The first kappa shape index (κ1) is 15.0. The van der Waals surface area contributed by atoms with Crippen molar-refractivity contribution in [3.63, 3.8) is 0 Å². The van der Waals surface area contributed by atoms with Crippen LogP contribution in [0.1, 0.15) is 23.7 Å². The fourth-order valence-electron chi connectivity index (χ4n) is 1.94. The molecule has 0 unspecified atom stereocenters. The molecule has 0 saturated heterocycles. The summed E-state index contributed by atoms with van der Waals surface area (Å²) in [5.74, 6) is 0.484. The summed E-state index contributed by atoms with van der Waals surface area (Å²) < 4.78 is 18.1. The molecule has 0 spiro atoms. The van der Waals surface area contributed by atoms with E-state index in [4.69, 9.17) is 4.74 Å². The third-order valence-corrected chi connectivity index (χ3v) is 3.01. The SMILES string of the molecule is CCOc1ccc(NCCC(=O)c2ccc(F)cc2)cc1. The lowest BCUT2D eigenvalue weighted by Gasteiger charge is -2.07. The van der Waals surface area contributed by atoms with Crippen molar-refractivity contribution in [1.82, 2.24) is 0 Å². The Bertz CT molecular complexity index is 579. The summed E-state index contributed by atoms with van der Waals surface area (Å²) >= 11 is 0. The number of nitrogens with one attached hydrogen (secondary N) is 1. The van der Waals surface area contributed by atoms with E-state index < -0.39 is 0 Å². The number of anilines is 1. The average Bonchev–Trinajstić information content (AvgIpc) is 2.50. The van der Waals surface area contributed by atoms with Crippen molar-refractivity contribution < 1.29 is 13.9 Å². The van der Waals surface area contributed by atoms with Gasteiger partial charge in [0.2, 0.25) is 0 Å². The van der Waals surface area contributed by atoms with E-state index in [9.17, 15) is 9.18 Å². The minimum absolute atomic E-state index is 0.00608. The van der Waals surface area contributed by atoms with Crippen molar-refractivity contribution in [1.29, 1.82) is 0 Å². The lowest BCUT2D eigenvalue weighted by atomic mass is 10.1. The number of carbonyl (C=O) groups excluding carboxylic acids is 1. The lowest BCUT2D eigenvalue weighted by Crippen LogP contribution is -2.08. The fourth-order valence-corrected chi connectivity index (χ4v) is 1.94. The van der Waals surface area contributed by atoms with E-state index in [-0.39, 0.29) is 11.6 Å². The van der Waals surface area contributed by atoms with Gasteiger partial charge in [0, 0.05) is 24.2 Å². The number of ketones is 1. The van der Waals surface area contributed by atoms with E-state index >= 15 is 0 Å². The van der Waals surface area contributed by atoms with Crippen LogP contribution in [0.15, 0.2) is 48.5 Å². The molecule has 0 radical (unpaired) electrons. The monoisotopic (exact) mass is 287 g/mol. The molecule has 3 nitrogen and oxygen atoms in total. The van der Waals surface area contributed by atoms with E-state index in [2.05, 4.69) is 5.32 Å². The summed E-state index contributed by atoms with van der Waals surface area (Å²) in [4.78, 5) is 11.9. The number of Topliss-reactive ketones (excluding diaryl/α,β-unsaturated/α-hetero) is 1. The van der Waals surface area contributed by atoms with Crippen molar-refractivity contribution in [2.75, 3.05) is 18.5 Å². The van der Waals surface area contributed by atoms with Gasteiger partial charge in [-0.15, -0.1) is 0 Å². The molecule has 0 aliphatic heterocycles. The molecule has 21 heavy (non-hydrogen) atoms. The lowest BCUT2D eigenvalue weighted by molar-refractivity contribution is 0.0986. The van der Waals surface area contributed by atoms with Gasteiger partial charge in [0.25, 0.3) is 0 Å². The Balaban J connectivity index is 1.80. The van der Waals surface area contributed by atoms with Gasteiger partial charge in [-0.3, -0.25) is 4.79 Å². The van der Waals surface area contributed by atoms with Gasteiger partial charge in [-0.2, -0.15) is 0 Å². The molecule has 2 aromatic rings. The maximum Gasteiger partial charge on any atom is 0.164 e. The smallest absolute Gasteiger partial charge is 0.164 e. The Morgan fingerprint density at radius 3 is 2.38 bits per heavy atom. The molecule has 0 atom stereocenters. The highest BCUT2D eigenvalue weighted by Crippen LogP contribution is 2.15. The van der Waals surface area contributed by atoms with Gasteiger partial charge in [0.1, 0.15) is 11.6 Å². The van der Waals surface area contributed by atoms with Crippen LogP contribution in [0.3, 0.4) is 0 Å². The molecule has 0 fully saturated rings. The van der Waals surface area contributed by atoms with Gasteiger partial charge in [-0.1, -0.05) is 0 Å². The number of benzene rings is 2. The second-order valence-electron chi connectivity index (χ2n) is 4.56. The second kappa shape index (κ2) is 7.43. The third kappa shape index (κ3) is 4.60. The largest absolute Gasteiger partial charge is 0.494 e. The molecular weight excluding hydrogens is 269 g/mol. The predicted octanol–water partition coefficient (Wildman–Crippen LogP) is 3.91. The van der Waals surface area contributed by atoms with E-state index in [0.29, 0.717) is 25.1 Å². The average molecular weight is 287 g/mol. The molecule has 0 aromatic heterocycles. The van der Waals surface area contributed by atoms with Crippen LogP contribution in [-0.2, 0) is 0 Å². The third-order valence-electron chi connectivity index (χ3n) is 3.01. The van der Waals surface area contributed by atoms with E-state index in [1.54, 1.807) is 0 Å². The van der Waals surface area contributed by atoms with E-state index in [1.807, 2.05) is 31.2 Å². The molecule has 0 aliphatic carbocycles. The molecule has 2 aromatic carbocycles. The standard InChI is InChI=1S/C17H18FNO2/c1-2-21-16-9-7-15(8-10-16)19-12-11-17(20)13-3-5-14(18)6-4-13/h3-10,19H,2,11-12H2,1H3. The van der Waals surface area contributed by atoms with Gasteiger partial charge in [0.15, 0.2) is 5.78 Å². The maximum absolute atomic E-state index is 12.8. The summed E-state index contributed by atoms with van der Waals surface area (Å²) in [6.45, 7) is 3.11. The molecule has 110 valence electrons. The van der Waals surface area contributed by atoms with Crippen molar-refractivity contribution in [3.05, 3.63) is 59.9 Å². The number of hydrogen-bond donors (Lipinski definition) is 1. The van der Waals surface area contributed by atoms with Gasteiger partial charge < -0.3 is 10.1 Å². The number of ether oxygens (including phenoxy) is 1. The molecule has 1 N–H and O–H groups in total. The fraction of sp³-hybridized carbons (Fsp3) is 0.235. The van der Waals surface area contributed by atoms with Crippen molar-refractivity contribution in [2.24, 2.45) is 0 Å². The molecule has 0 amide bonds. The summed E-state index contributed by atoms with van der Waals surface area (Å²) in [7, 11) is 0. The van der Waals surface area contributed by atoms with Crippen LogP contribution in [-0.4, -0.2) is 18.9 Å². The first-order valence-electron chi connectivity index (χ1n) is 6.94. The molecule has 0 bridgehead atoms. The molecule has 0 heterocycles. The Kier molecular flexibility index (Phi) is 5.32. The molecule has 0 aliphatic rings. The topological polar surface area (TPSA) is 38.3 Å². The van der Waals surface area contributed by atoms with Crippen molar-refractivity contribution >= 4 is 11.5 Å². The highest BCUT2D eigenvalue weighted by atomic mass is 19.1. The molecule has 0 saturated carbocycles. The van der Waals surface area contributed by atoms with Crippen LogP contribution in [0.4, 0.5) is 10.1 Å². The van der Waals surface area contributed by atoms with Crippen LogP contribution in [0.2, 0.25) is 0 Å². The molecular formula is C17H18FNO2. The maximum atomic E-state index is 12.8. The van der Waals surface area contributed by atoms with Crippen LogP contribution in [0.5, 0.6) is 5.75 Å². The zero-order valence-electron chi connectivity index (χ0n) is 11.9. The predicted molar refractivity (Wildman–Crippen MR) is 81.4 cm³/mol. The zero-order chi connectivity index (χ0) is 15.1. The summed E-state index contributed by atoms with van der Waals surface area (Å²) in [5.41, 5.74) is 1.47. The Labute approximate surface area is 123 Å². The zero-order valence-corrected chi connectivity index (χ0v) is 11.9. The van der Waals surface area contributed by atoms with Gasteiger partial charge >= 0.3 is 0 Å². The first-order chi connectivity index (χ1) is 10.2. The van der Waals surface area contributed by atoms with Gasteiger partial charge in [-0.05, 0) is 55.5 Å². The number of rotatable bonds is 7. The summed E-state index contributed by atoms with van der Waals surface area (Å²) in [6.07, 6.45) is 0.360. The second-order valence-corrected chi connectivity index (χ2v) is 4.56. The highest BCUT2D eigenvalue weighted by Gasteiger charge is 2.05. The summed E-state index contributed by atoms with van der Waals surface area (Å²) in [6, 6.07) is 13.2. The minimum atomic E-state index is -0.334. The van der Waals surface area contributed by atoms with E-state index in [1.165, 1.54) is 24.3 Å². The number of carbonyl (C=O) groups is 1. The minimum Gasteiger partial charge on any atom is -0.494 e. The van der Waals surface area contributed by atoms with Crippen LogP contribution < -0.4 is 10.1 Å². The van der Waals surface area contributed by atoms with Crippen LogP contribution in [0, 0.1) is 5.82 Å². The van der Waals surface area contributed by atoms with Crippen LogP contribution >= 0.6 is 0 Å². The van der Waals surface area contributed by atoms with Crippen molar-refractivity contribution in [3.8, 4) is 5.75 Å².